The van der Waals surface area contributed by atoms with E-state index in [-0.39, 0.29) is 11.7 Å². The first kappa shape index (κ1) is 15.2. The van der Waals surface area contributed by atoms with Crippen molar-refractivity contribution in [1.29, 1.82) is 0 Å². The molecule has 0 saturated carbocycles. The molecule has 1 aromatic heterocycles. The highest BCUT2D eigenvalue weighted by Crippen LogP contribution is 2.29. The Hall–Kier alpha value is -2.21. The van der Waals surface area contributed by atoms with Crippen LogP contribution in [0.1, 0.15) is 32.1 Å². The number of hydrogen-bond donors (Lipinski definition) is 1. The molecule has 2 aromatic rings. The Labute approximate surface area is 121 Å². The summed E-state index contributed by atoms with van der Waals surface area (Å²) in [6, 6.07) is 7.01. The summed E-state index contributed by atoms with van der Waals surface area (Å²) in [7, 11) is 0. The molecule has 0 aliphatic heterocycles. The first-order chi connectivity index (χ1) is 10.0. The van der Waals surface area contributed by atoms with Crippen LogP contribution >= 0.6 is 0 Å². The monoisotopic (exact) mass is 292 g/mol. The molecular weight excluding hydrogens is 275 g/mol. The van der Waals surface area contributed by atoms with Crippen molar-refractivity contribution >= 4 is 5.69 Å². The summed E-state index contributed by atoms with van der Waals surface area (Å²) in [5.41, 5.74) is 0.0703. The molecule has 1 atom stereocenters. The van der Waals surface area contributed by atoms with Crippen LogP contribution in [-0.2, 0) is 0 Å². The topological polar surface area (TPSA) is 68.3 Å². The predicted molar refractivity (Wildman–Crippen MR) is 77.5 cm³/mol. The van der Waals surface area contributed by atoms with Gasteiger partial charge < -0.3 is 9.73 Å². The van der Waals surface area contributed by atoms with E-state index in [1.54, 1.807) is 6.07 Å². The van der Waals surface area contributed by atoms with Crippen molar-refractivity contribution in [2.45, 2.75) is 26.3 Å². The molecule has 1 aromatic carbocycles. The van der Waals surface area contributed by atoms with Gasteiger partial charge in [-0.1, -0.05) is 13.8 Å². The molecule has 0 aliphatic carbocycles. The number of hydrogen-bond acceptors (Lipinski definition) is 4. The van der Waals surface area contributed by atoms with Gasteiger partial charge in [0.15, 0.2) is 0 Å². The van der Waals surface area contributed by atoms with E-state index in [1.807, 2.05) is 19.9 Å². The number of furan rings is 1. The Kier molecular flexibility index (Phi) is 4.70. The molecule has 0 spiro atoms. The average Bonchev–Trinajstić information content (AvgIpc) is 2.93. The minimum Gasteiger partial charge on any atom is -0.459 e. The van der Waals surface area contributed by atoms with Crippen LogP contribution in [0.4, 0.5) is 10.1 Å². The molecule has 6 heteroatoms. The van der Waals surface area contributed by atoms with E-state index < -0.39 is 10.7 Å². The van der Waals surface area contributed by atoms with Crippen LogP contribution < -0.4 is 5.32 Å². The van der Waals surface area contributed by atoms with Crippen molar-refractivity contribution in [2.75, 3.05) is 6.54 Å². The number of rotatable bonds is 6. The predicted octanol–water partition coefficient (Wildman–Crippen LogP) is 4.05. The largest absolute Gasteiger partial charge is 0.459 e. The second-order valence-corrected chi connectivity index (χ2v) is 4.68. The standard InChI is InChI=1S/C15H17FN2O3/c1-3-13(17-4-2)15-6-5-14(21-15)10-7-11(16)9-12(8-10)18(19)20/h5-9,13,17H,3-4H2,1-2H3. The van der Waals surface area contributed by atoms with Crippen molar-refractivity contribution in [3.05, 3.63) is 52.0 Å². The van der Waals surface area contributed by atoms with Gasteiger partial charge in [-0.05, 0) is 31.2 Å². The Morgan fingerprint density at radius 2 is 2.10 bits per heavy atom. The third kappa shape index (κ3) is 3.46. The molecular formula is C15H17FN2O3. The van der Waals surface area contributed by atoms with Crippen molar-refractivity contribution in [2.24, 2.45) is 0 Å². The van der Waals surface area contributed by atoms with Gasteiger partial charge in [0, 0.05) is 11.6 Å². The molecule has 0 fully saturated rings. The summed E-state index contributed by atoms with van der Waals surface area (Å²) in [6.07, 6.45) is 0.851. The number of benzene rings is 1. The van der Waals surface area contributed by atoms with Crippen LogP contribution in [0.3, 0.4) is 0 Å². The number of nitro groups is 1. The highest BCUT2D eigenvalue weighted by molar-refractivity contribution is 5.61. The lowest BCUT2D eigenvalue weighted by molar-refractivity contribution is -0.385. The minimum absolute atomic E-state index is 0.0762. The van der Waals surface area contributed by atoms with Gasteiger partial charge in [-0.15, -0.1) is 0 Å². The van der Waals surface area contributed by atoms with Gasteiger partial charge in [0.05, 0.1) is 17.0 Å². The van der Waals surface area contributed by atoms with Crippen molar-refractivity contribution < 1.29 is 13.7 Å². The zero-order valence-electron chi connectivity index (χ0n) is 11.9. The van der Waals surface area contributed by atoms with E-state index in [1.165, 1.54) is 12.1 Å². The van der Waals surface area contributed by atoms with Crippen molar-refractivity contribution in [3.8, 4) is 11.3 Å². The Morgan fingerprint density at radius 1 is 1.33 bits per heavy atom. The van der Waals surface area contributed by atoms with Crippen LogP contribution in [0.5, 0.6) is 0 Å². The minimum atomic E-state index is -0.657. The van der Waals surface area contributed by atoms with E-state index in [0.717, 1.165) is 24.8 Å². The zero-order chi connectivity index (χ0) is 15.4. The molecule has 1 heterocycles. The van der Waals surface area contributed by atoms with Crippen LogP contribution in [0.2, 0.25) is 0 Å². The van der Waals surface area contributed by atoms with Crippen LogP contribution in [0.15, 0.2) is 34.7 Å². The summed E-state index contributed by atoms with van der Waals surface area (Å²) >= 11 is 0. The second kappa shape index (κ2) is 6.49. The second-order valence-electron chi connectivity index (χ2n) is 4.68. The Morgan fingerprint density at radius 3 is 2.71 bits per heavy atom. The zero-order valence-corrected chi connectivity index (χ0v) is 11.9. The maximum Gasteiger partial charge on any atom is 0.273 e. The van der Waals surface area contributed by atoms with Crippen molar-refractivity contribution in [3.63, 3.8) is 0 Å². The first-order valence-electron chi connectivity index (χ1n) is 6.83. The Balaban J connectivity index is 2.35. The van der Waals surface area contributed by atoms with E-state index in [9.17, 15) is 14.5 Å². The van der Waals surface area contributed by atoms with E-state index in [4.69, 9.17) is 4.42 Å². The lowest BCUT2D eigenvalue weighted by atomic mass is 10.1. The van der Waals surface area contributed by atoms with E-state index in [2.05, 4.69) is 5.32 Å². The maximum absolute atomic E-state index is 13.5. The van der Waals surface area contributed by atoms with Crippen molar-refractivity contribution in [1.82, 2.24) is 5.32 Å². The molecule has 0 amide bonds. The molecule has 112 valence electrons. The summed E-state index contributed by atoms with van der Waals surface area (Å²) in [5, 5.41) is 14.1. The number of nitrogens with zero attached hydrogens (tertiary/aromatic N) is 1. The van der Waals surface area contributed by atoms with Crippen LogP contribution in [0, 0.1) is 15.9 Å². The molecule has 1 unspecified atom stereocenters. The first-order valence-corrected chi connectivity index (χ1v) is 6.83. The number of nitro benzene ring substituents is 1. The molecule has 0 bridgehead atoms. The summed E-state index contributed by atoms with van der Waals surface area (Å²) < 4.78 is 19.2. The Bertz CT molecular complexity index is 640. The van der Waals surface area contributed by atoms with Gasteiger partial charge in [-0.3, -0.25) is 10.1 Å². The molecule has 5 nitrogen and oxygen atoms in total. The van der Waals surface area contributed by atoms with Gasteiger partial charge in [0.25, 0.3) is 5.69 Å². The van der Waals surface area contributed by atoms with Gasteiger partial charge >= 0.3 is 0 Å². The highest BCUT2D eigenvalue weighted by atomic mass is 19.1. The van der Waals surface area contributed by atoms with Gasteiger partial charge in [0.1, 0.15) is 17.3 Å². The molecule has 2 rings (SSSR count). The smallest absolute Gasteiger partial charge is 0.273 e. The lowest BCUT2D eigenvalue weighted by Crippen LogP contribution is -2.19. The lowest BCUT2D eigenvalue weighted by Gasteiger charge is -2.12. The number of halogens is 1. The third-order valence-corrected chi connectivity index (χ3v) is 3.21. The van der Waals surface area contributed by atoms with Gasteiger partial charge in [-0.2, -0.15) is 0 Å². The van der Waals surface area contributed by atoms with E-state index in [0.29, 0.717) is 11.3 Å². The molecule has 0 aliphatic rings. The maximum atomic E-state index is 13.5. The molecule has 0 radical (unpaired) electrons. The van der Waals surface area contributed by atoms with Crippen LogP contribution in [-0.4, -0.2) is 11.5 Å². The summed E-state index contributed by atoms with van der Waals surface area (Å²) in [6.45, 7) is 4.84. The molecule has 1 N–H and O–H groups in total. The summed E-state index contributed by atoms with van der Waals surface area (Å²) in [4.78, 5) is 10.2. The summed E-state index contributed by atoms with van der Waals surface area (Å²) in [5.74, 6) is 0.501. The molecule has 21 heavy (non-hydrogen) atoms. The number of non-ortho nitro benzene ring substituents is 1. The average molecular weight is 292 g/mol. The van der Waals surface area contributed by atoms with Gasteiger partial charge in [0.2, 0.25) is 0 Å². The van der Waals surface area contributed by atoms with Gasteiger partial charge in [-0.25, -0.2) is 4.39 Å². The quantitative estimate of drug-likeness (QED) is 0.644. The normalized spacial score (nSPS) is 12.3. The highest BCUT2D eigenvalue weighted by Gasteiger charge is 2.16. The fourth-order valence-electron chi connectivity index (χ4n) is 2.21. The third-order valence-electron chi connectivity index (χ3n) is 3.21. The fourth-order valence-corrected chi connectivity index (χ4v) is 2.21. The van der Waals surface area contributed by atoms with E-state index >= 15 is 0 Å². The van der Waals surface area contributed by atoms with Crippen LogP contribution in [0.25, 0.3) is 11.3 Å². The SMILES string of the molecule is CCNC(CC)c1ccc(-c2cc(F)cc([N+](=O)[O-])c2)o1. The molecule has 0 saturated heterocycles. The number of nitrogens with one attached hydrogen (secondary N) is 1. The fraction of sp³-hybridized carbons (Fsp3) is 0.333.